The summed E-state index contributed by atoms with van der Waals surface area (Å²) in [6.45, 7) is 2.43. The maximum Gasteiger partial charge on any atom is 0.291 e. The highest BCUT2D eigenvalue weighted by atomic mass is 16.2. The Morgan fingerprint density at radius 1 is 1.14 bits per heavy atom. The Labute approximate surface area is 127 Å². The van der Waals surface area contributed by atoms with Gasteiger partial charge in [-0.2, -0.15) is 0 Å². The summed E-state index contributed by atoms with van der Waals surface area (Å²) in [7, 11) is 0. The highest BCUT2D eigenvalue weighted by Gasteiger charge is 2.11. The van der Waals surface area contributed by atoms with Gasteiger partial charge < -0.3 is 5.32 Å². The second-order valence-corrected chi connectivity index (χ2v) is 4.89. The minimum absolute atomic E-state index is 0.148. The van der Waals surface area contributed by atoms with Gasteiger partial charge in [-0.05, 0) is 36.8 Å². The number of carbonyl (C=O) groups is 1. The Morgan fingerprint density at radius 2 is 1.86 bits per heavy atom. The van der Waals surface area contributed by atoms with Gasteiger partial charge in [-0.15, -0.1) is 5.10 Å². The number of nitrogens with one attached hydrogen (secondary N) is 1. The Bertz CT molecular complexity index is 765. The first-order valence-corrected chi connectivity index (χ1v) is 6.88. The van der Waals surface area contributed by atoms with Crippen molar-refractivity contribution in [1.82, 2.24) is 25.1 Å². The molecule has 1 N–H and O–H groups in total. The molecule has 2 aromatic heterocycles. The highest BCUT2D eigenvalue weighted by molar-refractivity contribution is 5.90. The number of aromatic nitrogens is 4. The molecule has 110 valence electrons. The van der Waals surface area contributed by atoms with Crippen LogP contribution in [0.1, 0.15) is 21.7 Å². The lowest BCUT2D eigenvalue weighted by molar-refractivity contribution is 0.0940. The van der Waals surface area contributed by atoms with Crippen LogP contribution in [0.4, 0.5) is 0 Å². The molecule has 0 aliphatic heterocycles. The molecule has 0 saturated heterocycles. The van der Waals surface area contributed by atoms with E-state index in [0.717, 1.165) is 11.3 Å². The predicted molar refractivity (Wildman–Crippen MR) is 81.5 cm³/mol. The number of nitrogens with zero attached hydrogens (tertiary/aromatic N) is 4. The van der Waals surface area contributed by atoms with E-state index in [2.05, 4.69) is 20.4 Å². The quantitative estimate of drug-likeness (QED) is 0.797. The van der Waals surface area contributed by atoms with E-state index in [1.807, 2.05) is 43.3 Å². The van der Waals surface area contributed by atoms with Gasteiger partial charge in [-0.25, -0.2) is 9.67 Å². The number of hydrogen-bond acceptors (Lipinski definition) is 4. The average molecular weight is 293 g/mol. The summed E-state index contributed by atoms with van der Waals surface area (Å²) in [6, 6.07) is 11.5. The maximum atomic E-state index is 12.1. The van der Waals surface area contributed by atoms with Crippen molar-refractivity contribution in [3.8, 4) is 5.69 Å². The SMILES string of the molecule is Cc1ccc(-n2cnc(C(=O)NCc3ccncc3)n2)cc1. The van der Waals surface area contributed by atoms with Crippen molar-refractivity contribution in [2.45, 2.75) is 13.5 Å². The van der Waals surface area contributed by atoms with Crippen LogP contribution in [0.25, 0.3) is 5.69 Å². The molecule has 22 heavy (non-hydrogen) atoms. The van der Waals surface area contributed by atoms with Crippen LogP contribution in [0.5, 0.6) is 0 Å². The first kappa shape index (κ1) is 13.9. The smallest absolute Gasteiger partial charge is 0.291 e. The van der Waals surface area contributed by atoms with Crippen LogP contribution >= 0.6 is 0 Å². The van der Waals surface area contributed by atoms with E-state index in [-0.39, 0.29) is 11.7 Å². The van der Waals surface area contributed by atoms with Crippen LogP contribution in [-0.4, -0.2) is 25.7 Å². The van der Waals surface area contributed by atoms with Crippen molar-refractivity contribution in [1.29, 1.82) is 0 Å². The maximum absolute atomic E-state index is 12.1. The molecule has 6 nitrogen and oxygen atoms in total. The molecule has 0 fully saturated rings. The minimum atomic E-state index is -0.303. The van der Waals surface area contributed by atoms with Gasteiger partial charge in [0.1, 0.15) is 6.33 Å². The fourth-order valence-corrected chi connectivity index (χ4v) is 1.95. The first-order valence-electron chi connectivity index (χ1n) is 6.88. The number of pyridine rings is 1. The Kier molecular flexibility index (Phi) is 3.91. The zero-order chi connectivity index (χ0) is 15.4. The zero-order valence-corrected chi connectivity index (χ0v) is 12.1. The molecule has 0 saturated carbocycles. The van der Waals surface area contributed by atoms with Gasteiger partial charge in [-0.3, -0.25) is 9.78 Å². The van der Waals surface area contributed by atoms with Gasteiger partial charge in [0.25, 0.3) is 5.91 Å². The fraction of sp³-hybridized carbons (Fsp3) is 0.125. The predicted octanol–water partition coefficient (Wildman–Crippen LogP) is 1.90. The molecular formula is C16H15N5O. The summed E-state index contributed by atoms with van der Waals surface area (Å²) in [5.41, 5.74) is 3.01. The molecule has 0 bridgehead atoms. The summed E-state index contributed by atoms with van der Waals surface area (Å²) in [5, 5.41) is 6.99. The van der Waals surface area contributed by atoms with Gasteiger partial charge in [0.15, 0.2) is 0 Å². The van der Waals surface area contributed by atoms with Gasteiger partial charge in [0, 0.05) is 18.9 Å². The largest absolute Gasteiger partial charge is 0.345 e. The van der Waals surface area contributed by atoms with E-state index in [1.54, 1.807) is 17.1 Å². The van der Waals surface area contributed by atoms with Gasteiger partial charge >= 0.3 is 0 Å². The van der Waals surface area contributed by atoms with E-state index in [4.69, 9.17) is 0 Å². The van der Waals surface area contributed by atoms with E-state index < -0.39 is 0 Å². The van der Waals surface area contributed by atoms with Crippen molar-refractivity contribution in [3.05, 3.63) is 72.1 Å². The van der Waals surface area contributed by atoms with E-state index >= 15 is 0 Å². The topological polar surface area (TPSA) is 72.7 Å². The molecule has 1 amide bonds. The molecule has 0 atom stereocenters. The van der Waals surface area contributed by atoms with Crippen molar-refractivity contribution in [2.24, 2.45) is 0 Å². The molecule has 0 aliphatic rings. The zero-order valence-electron chi connectivity index (χ0n) is 12.1. The standard InChI is InChI=1S/C16H15N5O/c1-12-2-4-14(5-3-12)21-11-19-15(20-21)16(22)18-10-13-6-8-17-9-7-13/h2-9,11H,10H2,1H3,(H,18,22). The number of aryl methyl sites for hydroxylation is 1. The van der Waals surface area contributed by atoms with Crippen molar-refractivity contribution in [3.63, 3.8) is 0 Å². The minimum Gasteiger partial charge on any atom is -0.345 e. The lowest BCUT2D eigenvalue weighted by atomic mass is 10.2. The van der Waals surface area contributed by atoms with Crippen LogP contribution in [-0.2, 0) is 6.54 Å². The fourth-order valence-electron chi connectivity index (χ4n) is 1.95. The van der Waals surface area contributed by atoms with E-state index in [1.165, 1.54) is 11.9 Å². The Hall–Kier alpha value is -3.02. The molecule has 3 rings (SSSR count). The van der Waals surface area contributed by atoms with Crippen molar-refractivity contribution < 1.29 is 4.79 Å². The third-order valence-electron chi connectivity index (χ3n) is 3.20. The van der Waals surface area contributed by atoms with Crippen molar-refractivity contribution >= 4 is 5.91 Å². The monoisotopic (exact) mass is 293 g/mol. The summed E-state index contributed by atoms with van der Waals surface area (Å²) in [6.07, 6.45) is 4.91. The van der Waals surface area contributed by atoms with Gasteiger partial charge in [-0.1, -0.05) is 17.7 Å². The highest BCUT2D eigenvalue weighted by Crippen LogP contribution is 2.07. The number of hydrogen-bond donors (Lipinski definition) is 1. The van der Waals surface area contributed by atoms with E-state index in [9.17, 15) is 4.79 Å². The first-order chi connectivity index (χ1) is 10.7. The molecule has 6 heteroatoms. The van der Waals surface area contributed by atoms with Crippen molar-refractivity contribution in [2.75, 3.05) is 0 Å². The second-order valence-electron chi connectivity index (χ2n) is 4.89. The summed E-state index contributed by atoms with van der Waals surface area (Å²) >= 11 is 0. The summed E-state index contributed by atoms with van der Waals surface area (Å²) in [5.74, 6) is -0.155. The Balaban J connectivity index is 1.68. The van der Waals surface area contributed by atoms with Crippen LogP contribution in [0.2, 0.25) is 0 Å². The molecule has 3 aromatic rings. The van der Waals surface area contributed by atoms with E-state index in [0.29, 0.717) is 6.54 Å². The summed E-state index contributed by atoms with van der Waals surface area (Å²) < 4.78 is 1.58. The lowest BCUT2D eigenvalue weighted by Gasteiger charge is -2.02. The number of benzene rings is 1. The van der Waals surface area contributed by atoms with Crippen LogP contribution < -0.4 is 5.32 Å². The molecular weight excluding hydrogens is 278 g/mol. The second kappa shape index (κ2) is 6.17. The summed E-state index contributed by atoms with van der Waals surface area (Å²) in [4.78, 5) is 20.0. The van der Waals surface area contributed by atoms with Crippen LogP contribution in [0.15, 0.2) is 55.1 Å². The van der Waals surface area contributed by atoms with Crippen LogP contribution in [0, 0.1) is 6.92 Å². The molecule has 2 heterocycles. The molecule has 0 aliphatic carbocycles. The number of carbonyl (C=O) groups excluding carboxylic acids is 1. The third-order valence-corrected chi connectivity index (χ3v) is 3.20. The van der Waals surface area contributed by atoms with Gasteiger partial charge in [0.2, 0.25) is 5.82 Å². The molecule has 1 aromatic carbocycles. The third kappa shape index (κ3) is 3.17. The average Bonchev–Trinajstić information content (AvgIpc) is 3.04. The number of rotatable bonds is 4. The lowest BCUT2D eigenvalue weighted by Crippen LogP contribution is -2.24. The molecule has 0 unspecified atom stereocenters. The number of amides is 1. The normalized spacial score (nSPS) is 10.4. The van der Waals surface area contributed by atoms with Crippen LogP contribution in [0.3, 0.4) is 0 Å². The Morgan fingerprint density at radius 3 is 2.59 bits per heavy atom. The molecule has 0 spiro atoms. The molecule has 0 radical (unpaired) electrons. The van der Waals surface area contributed by atoms with Gasteiger partial charge in [0.05, 0.1) is 5.69 Å².